The fraction of sp³-hybridized carbons (Fsp3) is 0. The Morgan fingerprint density at radius 3 is 2.59 bits per heavy atom. The van der Waals surface area contributed by atoms with Crippen molar-refractivity contribution in [1.82, 2.24) is 20.0 Å². The van der Waals surface area contributed by atoms with E-state index in [1.54, 1.807) is 10.9 Å². The van der Waals surface area contributed by atoms with Crippen molar-refractivity contribution in [3.8, 4) is 5.82 Å². The monoisotopic (exact) mass is 308 g/mol. The van der Waals surface area contributed by atoms with Crippen molar-refractivity contribution >= 4 is 38.3 Å². The molecule has 0 saturated heterocycles. The average Bonchev–Trinajstić information content (AvgIpc) is 2.77. The van der Waals surface area contributed by atoms with E-state index < -0.39 is 0 Å². The molecule has 0 amide bonds. The minimum absolute atomic E-state index is 0.399. The molecule has 1 aromatic carbocycles. The Balaban J connectivity index is 2.34. The second-order valence-corrected chi connectivity index (χ2v) is 4.74. The van der Waals surface area contributed by atoms with Crippen molar-refractivity contribution in [2.45, 2.75) is 0 Å². The van der Waals surface area contributed by atoms with E-state index >= 15 is 0 Å². The van der Waals surface area contributed by atoms with E-state index in [1.807, 2.05) is 30.5 Å². The highest BCUT2D eigenvalue weighted by atomic mass is 79.9. The Labute approximate surface area is 110 Å². The molecule has 0 unspecified atom stereocenters. The largest absolute Gasteiger partial charge is 0.219 e. The van der Waals surface area contributed by atoms with Gasteiger partial charge in [0.15, 0.2) is 11.0 Å². The highest BCUT2D eigenvalue weighted by molar-refractivity contribution is 9.10. The highest BCUT2D eigenvalue weighted by Crippen LogP contribution is 2.24. The molecule has 0 aliphatic heterocycles. The highest BCUT2D eigenvalue weighted by Gasteiger charge is 2.09. The second kappa shape index (κ2) is 4.09. The van der Waals surface area contributed by atoms with Crippen LogP contribution < -0.4 is 0 Å². The number of nitrogens with zero attached hydrogens (tertiary/aromatic N) is 4. The molecule has 3 rings (SSSR count). The fourth-order valence-electron chi connectivity index (χ4n) is 1.64. The molecule has 0 radical (unpaired) electrons. The van der Waals surface area contributed by atoms with Crippen LogP contribution >= 0.6 is 27.5 Å². The minimum Gasteiger partial charge on any atom is -0.219 e. The quantitative estimate of drug-likeness (QED) is 0.693. The van der Waals surface area contributed by atoms with E-state index in [4.69, 9.17) is 11.6 Å². The van der Waals surface area contributed by atoms with Gasteiger partial charge in [0, 0.05) is 17.0 Å². The van der Waals surface area contributed by atoms with E-state index in [2.05, 4.69) is 31.2 Å². The Morgan fingerprint density at radius 2 is 1.88 bits per heavy atom. The van der Waals surface area contributed by atoms with E-state index in [-0.39, 0.29) is 0 Å². The van der Waals surface area contributed by atoms with Crippen molar-refractivity contribution < 1.29 is 0 Å². The first kappa shape index (κ1) is 10.7. The van der Waals surface area contributed by atoms with Crippen LogP contribution in [0.5, 0.6) is 0 Å². The van der Waals surface area contributed by atoms with Gasteiger partial charge in [0.2, 0.25) is 0 Å². The number of hydrogen-bond donors (Lipinski definition) is 0. The second-order valence-electron chi connectivity index (χ2n) is 3.46. The summed E-state index contributed by atoms with van der Waals surface area (Å²) >= 11 is 9.36. The lowest BCUT2D eigenvalue weighted by Crippen LogP contribution is -2.01. The van der Waals surface area contributed by atoms with Crippen LogP contribution in [0.2, 0.25) is 5.15 Å². The molecule has 0 saturated carbocycles. The Kier molecular flexibility index (Phi) is 2.57. The molecule has 0 spiro atoms. The van der Waals surface area contributed by atoms with E-state index in [9.17, 15) is 0 Å². The van der Waals surface area contributed by atoms with Crippen LogP contribution in [0, 0.1) is 0 Å². The smallest absolute Gasteiger partial charge is 0.183 e. The Hall–Kier alpha value is -1.46. The zero-order chi connectivity index (χ0) is 11.8. The van der Waals surface area contributed by atoms with Crippen LogP contribution in [0.1, 0.15) is 0 Å². The maximum absolute atomic E-state index is 6.01. The number of aromatic nitrogens is 4. The lowest BCUT2D eigenvalue weighted by Gasteiger charge is -2.05. The average molecular weight is 310 g/mol. The third kappa shape index (κ3) is 1.81. The molecule has 6 heteroatoms. The summed E-state index contributed by atoms with van der Waals surface area (Å²) in [5.74, 6) is 0.663. The number of rotatable bonds is 1. The molecule has 0 atom stereocenters. The van der Waals surface area contributed by atoms with Gasteiger partial charge in [-0.15, -0.1) is 10.2 Å². The van der Waals surface area contributed by atoms with Crippen molar-refractivity contribution in [2.75, 3.05) is 0 Å². The zero-order valence-corrected chi connectivity index (χ0v) is 10.9. The first-order valence-corrected chi connectivity index (χ1v) is 6.04. The van der Waals surface area contributed by atoms with E-state index in [0.717, 1.165) is 15.2 Å². The van der Waals surface area contributed by atoms with Crippen LogP contribution in [-0.2, 0) is 0 Å². The molecular weight excluding hydrogens is 304 g/mol. The normalized spacial score (nSPS) is 10.9. The standard InChI is InChI=1S/C11H6BrClN4/c12-7-5-14-17(6-7)11-9-4-2-1-3-8(9)10(13)15-16-11/h1-6H. The predicted octanol–water partition coefficient (Wildman–Crippen LogP) is 3.23. The molecule has 2 aromatic heterocycles. The molecule has 84 valence electrons. The molecule has 4 nitrogen and oxygen atoms in total. The fourth-order valence-corrected chi connectivity index (χ4v) is 2.13. The number of fused-ring (bicyclic) bond motifs is 1. The lowest BCUT2D eigenvalue weighted by atomic mass is 10.2. The predicted molar refractivity (Wildman–Crippen MR) is 69.4 cm³/mol. The molecule has 0 fully saturated rings. The summed E-state index contributed by atoms with van der Waals surface area (Å²) in [6, 6.07) is 7.70. The molecule has 0 aliphatic carbocycles. The maximum Gasteiger partial charge on any atom is 0.183 e. The summed E-state index contributed by atoms with van der Waals surface area (Å²) in [7, 11) is 0. The van der Waals surface area contributed by atoms with Gasteiger partial charge in [-0.1, -0.05) is 35.9 Å². The van der Waals surface area contributed by atoms with Gasteiger partial charge in [-0.05, 0) is 15.9 Å². The number of hydrogen-bond acceptors (Lipinski definition) is 3. The zero-order valence-electron chi connectivity index (χ0n) is 8.51. The van der Waals surface area contributed by atoms with Crippen molar-refractivity contribution in [3.05, 3.63) is 46.3 Å². The van der Waals surface area contributed by atoms with Crippen molar-refractivity contribution in [3.63, 3.8) is 0 Å². The topological polar surface area (TPSA) is 43.6 Å². The van der Waals surface area contributed by atoms with Crippen LogP contribution in [0.15, 0.2) is 41.1 Å². The molecule has 2 heterocycles. The SMILES string of the molecule is Clc1nnc(-n2cc(Br)cn2)c2ccccc12. The Bertz CT molecular complexity index is 695. The van der Waals surface area contributed by atoms with Gasteiger partial charge in [0.25, 0.3) is 0 Å². The molecule has 0 N–H and O–H groups in total. The van der Waals surface area contributed by atoms with E-state index in [1.165, 1.54) is 0 Å². The summed E-state index contributed by atoms with van der Waals surface area (Å²) in [6.07, 6.45) is 3.52. The molecule has 0 bridgehead atoms. The number of halogens is 2. The van der Waals surface area contributed by atoms with Gasteiger partial charge in [-0.2, -0.15) is 5.10 Å². The summed E-state index contributed by atoms with van der Waals surface area (Å²) in [5.41, 5.74) is 0. The van der Waals surface area contributed by atoms with Gasteiger partial charge in [-0.25, -0.2) is 4.68 Å². The Morgan fingerprint density at radius 1 is 1.12 bits per heavy atom. The molecule has 17 heavy (non-hydrogen) atoms. The van der Waals surface area contributed by atoms with Crippen LogP contribution in [0.25, 0.3) is 16.6 Å². The third-order valence-electron chi connectivity index (χ3n) is 2.39. The minimum atomic E-state index is 0.399. The molecule has 0 aliphatic rings. The summed E-state index contributed by atoms with van der Waals surface area (Å²) in [5, 5.41) is 14.4. The van der Waals surface area contributed by atoms with Crippen molar-refractivity contribution in [2.24, 2.45) is 0 Å². The van der Waals surface area contributed by atoms with Crippen LogP contribution in [-0.4, -0.2) is 20.0 Å². The summed E-state index contributed by atoms with van der Waals surface area (Å²) in [6.45, 7) is 0. The van der Waals surface area contributed by atoms with Gasteiger partial charge >= 0.3 is 0 Å². The first-order chi connectivity index (χ1) is 8.25. The lowest BCUT2D eigenvalue weighted by molar-refractivity contribution is 0.825. The number of benzene rings is 1. The van der Waals surface area contributed by atoms with Gasteiger partial charge in [0.05, 0.1) is 10.7 Å². The molecule has 3 aromatic rings. The van der Waals surface area contributed by atoms with Crippen LogP contribution in [0.3, 0.4) is 0 Å². The summed E-state index contributed by atoms with van der Waals surface area (Å²) in [4.78, 5) is 0. The maximum atomic E-state index is 6.01. The van der Waals surface area contributed by atoms with Gasteiger partial charge in [-0.3, -0.25) is 0 Å². The molecular formula is C11H6BrClN4. The van der Waals surface area contributed by atoms with E-state index in [0.29, 0.717) is 11.0 Å². The summed E-state index contributed by atoms with van der Waals surface area (Å²) < 4.78 is 2.55. The van der Waals surface area contributed by atoms with Crippen molar-refractivity contribution in [1.29, 1.82) is 0 Å². The first-order valence-electron chi connectivity index (χ1n) is 4.87. The van der Waals surface area contributed by atoms with Gasteiger partial charge < -0.3 is 0 Å². The van der Waals surface area contributed by atoms with Crippen LogP contribution in [0.4, 0.5) is 0 Å². The van der Waals surface area contributed by atoms with Gasteiger partial charge in [0.1, 0.15) is 0 Å². The third-order valence-corrected chi connectivity index (χ3v) is 3.08.